The van der Waals surface area contributed by atoms with E-state index in [-0.39, 0.29) is 11.7 Å². The fraction of sp³-hybridized carbons (Fsp3) is 0. The van der Waals surface area contributed by atoms with Gasteiger partial charge in [0.15, 0.2) is 0 Å². The summed E-state index contributed by atoms with van der Waals surface area (Å²) in [5.74, 6) is -0.738. The molecule has 1 aromatic heterocycles. The van der Waals surface area contributed by atoms with Gasteiger partial charge in [-0.3, -0.25) is 10.1 Å². The van der Waals surface area contributed by atoms with Crippen LogP contribution >= 0.6 is 11.3 Å². The molecule has 0 aliphatic heterocycles. The lowest BCUT2D eigenvalue weighted by molar-refractivity contribution is -0.111. The lowest BCUT2D eigenvalue weighted by atomic mass is 10.2. The van der Waals surface area contributed by atoms with Gasteiger partial charge < -0.3 is 0 Å². The molecule has 0 unspecified atom stereocenters. The van der Waals surface area contributed by atoms with Crippen molar-refractivity contribution in [1.29, 1.82) is 0 Å². The molecule has 0 bridgehead atoms. The van der Waals surface area contributed by atoms with Gasteiger partial charge in [-0.15, -0.1) is 10.2 Å². The first-order valence-corrected chi connectivity index (χ1v) is 5.63. The highest BCUT2D eigenvalue weighted by molar-refractivity contribution is 7.13. The second-order valence-corrected chi connectivity index (χ2v) is 3.92. The maximum atomic E-state index is 13.2. The van der Waals surface area contributed by atoms with E-state index in [2.05, 4.69) is 15.5 Å². The molecule has 2 rings (SSSR count). The predicted octanol–water partition coefficient (Wildman–Crippen LogP) is 2.33. The number of rotatable bonds is 3. The molecule has 0 fully saturated rings. The van der Waals surface area contributed by atoms with Crippen LogP contribution in [-0.2, 0) is 4.79 Å². The summed E-state index contributed by atoms with van der Waals surface area (Å²) in [4.78, 5) is 11.4. The van der Waals surface area contributed by atoms with E-state index in [1.807, 2.05) is 0 Å². The highest BCUT2D eigenvalue weighted by Crippen LogP contribution is 2.10. The topological polar surface area (TPSA) is 54.9 Å². The van der Waals surface area contributed by atoms with E-state index in [4.69, 9.17) is 0 Å². The molecule has 0 saturated carbocycles. The van der Waals surface area contributed by atoms with Crippen molar-refractivity contribution in [2.24, 2.45) is 0 Å². The number of carbonyl (C=O) groups is 1. The van der Waals surface area contributed by atoms with E-state index in [1.165, 1.54) is 35.1 Å². The number of carbonyl (C=O) groups excluding carboxylic acids is 1. The summed E-state index contributed by atoms with van der Waals surface area (Å²) in [7, 11) is 0. The molecule has 1 aromatic carbocycles. The number of anilines is 1. The fourth-order valence-electron chi connectivity index (χ4n) is 1.15. The van der Waals surface area contributed by atoms with Gasteiger partial charge in [0.25, 0.3) is 0 Å². The Balaban J connectivity index is 2.01. The third kappa shape index (κ3) is 3.18. The van der Waals surface area contributed by atoms with Crippen LogP contribution in [0.3, 0.4) is 0 Å². The molecule has 2 aromatic rings. The summed E-state index contributed by atoms with van der Waals surface area (Å²) >= 11 is 1.21. The van der Waals surface area contributed by atoms with Gasteiger partial charge in [-0.25, -0.2) is 4.39 Å². The molecule has 0 saturated heterocycles. The van der Waals surface area contributed by atoms with E-state index in [1.54, 1.807) is 18.2 Å². The van der Waals surface area contributed by atoms with E-state index in [0.717, 1.165) is 0 Å². The Kier molecular flexibility index (Phi) is 3.56. The summed E-state index contributed by atoms with van der Waals surface area (Å²) in [6, 6.07) is 6.21. The number of benzene rings is 1. The van der Waals surface area contributed by atoms with Gasteiger partial charge in [0.1, 0.15) is 11.3 Å². The third-order valence-corrected chi connectivity index (χ3v) is 2.52. The van der Waals surface area contributed by atoms with E-state index >= 15 is 0 Å². The third-order valence-electron chi connectivity index (χ3n) is 1.91. The van der Waals surface area contributed by atoms with Gasteiger partial charge in [0, 0.05) is 11.6 Å². The second kappa shape index (κ2) is 5.31. The Labute approximate surface area is 101 Å². The van der Waals surface area contributed by atoms with Crippen molar-refractivity contribution < 1.29 is 9.18 Å². The van der Waals surface area contributed by atoms with E-state index in [9.17, 15) is 9.18 Å². The van der Waals surface area contributed by atoms with Crippen molar-refractivity contribution in [3.8, 4) is 0 Å². The molecule has 1 amide bonds. The Bertz CT molecular complexity index is 539. The van der Waals surface area contributed by atoms with Crippen LogP contribution < -0.4 is 5.32 Å². The summed E-state index contributed by atoms with van der Waals surface area (Å²) in [5, 5.41) is 10.2. The lowest BCUT2D eigenvalue weighted by Gasteiger charge is -1.96. The quantitative estimate of drug-likeness (QED) is 0.849. The number of nitrogens with zero attached hydrogens (tertiary/aromatic N) is 2. The van der Waals surface area contributed by atoms with Crippen LogP contribution in [0.4, 0.5) is 9.52 Å². The number of amides is 1. The van der Waals surface area contributed by atoms with Crippen LogP contribution in [0, 0.1) is 5.82 Å². The number of halogens is 1. The summed E-state index contributed by atoms with van der Waals surface area (Å²) < 4.78 is 13.2. The minimum Gasteiger partial charge on any atom is -0.297 e. The molecular weight excluding hydrogens is 241 g/mol. The lowest BCUT2D eigenvalue weighted by Crippen LogP contribution is -2.07. The second-order valence-electron chi connectivity index (χ2n) is 3.09. The molecule has 1 N–H and O–H groups in total. The molecule has 1 heterocycles. The Morgan fingerprint density at radius 3 is 2.94 bits per heavy atom. The zero-order valence-electron chi connectivity index (χ0n) is 8.63. The molecule has 17 heavy (non-hydrogen) atoms. The van der Waals surface area contributed by atoms with Crippen LogP contribution in [0.2, 0.25) is 0 Å². The highest BCUT2D eigenvalue weighted by Gasteiger charge is 2.01. The molecule has 4 nitrogen and oxygen atoms in total. The average molecular weight is 249 g/mol. The van der Waals surface area contributed by atoms with Gasteiger partial charge >= 0.3 is 0 Å². The molecule has 0 atom stereocenters. The molecule has 0 aliphatic rings. The molecule has 6 heteroatoms. The molecule has 86 valence electrons. The molecule has 0 aliphatic carbocycles. The van der Waals surface area contributed by atoms with Crippen LogP contribution in [0.25, 0.3) is 6.08 Å². The van der Waals surface area contributed by atoms with Crippen LogP contribution in [0.15, 0.2) is 35.9 Å². The zero-order chi connectivity index (χ0) is 12.1. The van der Waals surface area contributed by atoms with E-state index in [0.29, 0.717) is 10.7 Å². The molecule has 0 radical (unpaired) electrons. The van der Waals surface area contributed by atoms with Gasteiger partial charge in [-0.1, -0.05) is 29.5 Å². The Morgan fingerprint density at radius 1 is 1.41 bits per heavy atom. The minimum atomic E-state index is -0.370. The van der Waals surface area contributed by atoms with Crippen molar-refractivity contribution in [2.75, 3.05) is 5.32 Å². The van der Waals surface area contributed by atoms with E-state index < -0.39 is 0 Å². The maximum Gasteiger partial charge on any atom is 0.250 e. The fourth-order valence-corrected chi connectivity index (χ4v) is 1.60. The molecule has 0 spiro atoms. The average Bonchev–Trinajstić information content (AvgIpc) is 2.81. The van der Waals surface area contributed by atoms with Crippen molar-refractivity contribution in [1.82, 2.24) is 10.2 Å². The standard InChI is InChI=1S/C11H8FN3OS/c12-9-4-2-1-3-8(9)5-6-10(16)14-11-15-13-7-17-11/h1-7H,(H,14,15,16)/b6-5+. The van der Waals surface area contributed by atoms with Gasteiger partial charge in [-0.2, -0.15) is 0 Å². The first kappa shape index (κ1) is 11.4. The normalized spacial score (nSPS) is 10.6. The van der Waals surface area contributed by atoms with Crippen molar-refractivity contribution in [3.63, 3.8) is 0 Å². The number of aromatic nitrogens is 2. The highest BCUT2D eigenvalue weighted by atomic mass is 32.1. The zero-order valence-corrected chi connectivity index (χ0v) is 9.45. The van der Waals surface area contributed by atoms with Crippen molar-refractivity contribution in [3.05, 3.63) is 47.2 Å². The number of hydrogen-bond donors (Lipinski definition) is 1. The summed E-state index contributed by atoms with van der Waals surface area (Å²) in [6.07, 6.45) is 2.66. The number of nitrogens with one attached hydrogen (secondary N) is 1. The van der Waals surface area contributed by atoms with Crippen LogP contribution in [-0.4, -0.2) is 16.1 Å². The Morgan fingerprint density at radius 2 is 2.24 bits per heavy atom. The molecular formula is C11H8FN3OS. The smallest absolute Gasteiger partial charge is 0.250 e. The summed E-state index contributed by atoms with van der Waals surface area (Å²) in [5.41, 5.74) is 1.87. The van der Waals surface area contributed by atoms with Crippen molar-refractivity contribution >= 4 is 28.5 Å². The van der Waals surface area contributed by atoms with Crippen LogP contribution in [0.5, 0.6) is 0 Å². The SMILES string of the molecule is O=C(/C=C/c1ccccc1F)Nc1nncs1. The predicted molar refractivity (Wildman–Crippen MR) is 64.0 cm³/mol. The maximum absolute atomic E-state index is 13.2. The van der Waals surface area contributed by atoms with Gasteiger partial charge in [0.2, 0.25) is 11.0 Å². The first-order valence-electron chi connectivity index (χ1n) is 4.75. The monoisotopic (exact) mass is 249 g/mol. The summed E-state index contributed by atoms with van der Waals surface area (Å²) in [6.45, 7) is 0. The Hall–Kier alpha value is -2.08. The van der Waals surface area contributed by atoms with Crippen molar-refractivity contribution in [2.45, 2.75) is 0 Å². The number of hydrogen-bond acceptors (Lipinski definition) is 4. The van der Waals surface area contributed by atoms with Crippen LogP contribution in [0.1, 0.15) is 5.56 Å². The first-order chi connectivity index (χ1) is 8.25. The van der Waals surface area contributed by atoms with Gasteiger partial charge in [0.05, 0.1) is 0 Å². The largest absolute Gasteiger partial charge is 0.297 e. The van der Waals surface area contributed by atoms with Gasteiger partial charge in [-0.05, 0) is 12.1 Å². The minimum absolute atomic E-state index is 0.361.